The number of piperazine rings is 1. The highest BCUT2D eigenvalue weighted by Crippen LogP contribution is 2.15. The molecule has 0 N–H and O–H groups in total. The Balaban J connectivity index is 1.50. The number of rotatable bonds is 7. The van der Waals surface area contributed by atoms with Gasteiger partial charge in [0.1, 0.15) is 0 Å². The van der Waals surface area contributed by atoms with E-state index >= 15 is 0 Å². The van der Waals surface area contributed by atoms with Crippen molar-refractivity contribution >= 4 is 15.9 Å². The van der Waals surface area contributed by atoms with Gasteiger partial charge in [0.05, 0.1) is 12.3 Å². The Morgan fingerprint density at radius 2 is 1.67 bits per heavy atom. The molecule has 0 radical (unpaired) electrons. The highest BCUT2D eigenvalue weighted by atomic mass is 32.2. The normalized spacial score (nSPS) is 15.5. The Morgan fingerprint density at radius 3 is 2.30 bits per heavy atom. The molecule has 1 saturated heterocycles. The summed E-state index contributed by atoms with van der Waals surface area (Å²) in [6.45, 7) is 6.77. The first-order valence-electron chi connectivity index (χ1n) is 10.3. The summed E-state index contributed by atoms with van der Waals surface area (Å²) in [6.07, 6.45) is 0. The van der Waals surface area contributed by atoms with Gasteiger partial charge in [0, 0.05) is 32.7 Å². The summed E-state index contributed by atoms with van der Waals surface area (Å²) in [5.74, 6) is 0.0443. The quantitative estimate of drug-likeness (QED) is 0.678. The molecule has 0 saturated carbocycles. The second-order valence-electron chi connectivity index (χ2n) is 8.12. The zero-order valence-electron chi connectivity index (χ0n) is 18.0. The van der Waals surface area contributed by atoms with Crippen molar-refractivity contribution in [3.05, 3.63) is 70.8 Å². The molecular weight excluding hydrogens is 398 g/mol. The summed E-state index contributed by atoms with van der Waals surface area (Å²) in [7, 11) is -1.43. The van der Waals surface area contributed by atoms with Crippen LogP contribution in [0.3, 0.4) is 0 Å². The van der Waals surface area contributed by atoms with Gasteiger partial charge in [0.15, 0.2) is 0 Å². The van der Waals surface area contributed by atoms with Crippen LogP contribution in [-0.4, -0.2) is 68.2 Å². The third kappa shape index (κ3) is 5.90. The van der Waals surface area contributed by atoms with Crippen molar-refractivity contribution in [3.8, 4) is 0 Å². The highest BCUT2D eigenvalue weighted by Gasteiger charge is 2.29. The topological polar surface area (TPSA) is 60.9 Å². The van der Waals surface area contributed by atoms with E-state index in [1.54, 1.807) is 4.90 Å². The lowest BCUT2D eigenvalue weighted by atomic mass is 10.1. The van der Waals surface area contributed by atoms with E-state index in [0.29, 0.717) is 39.3 Å². The Morgan fingerprint density at radius 1 is 1.00 bits per heavy atom. The number of hydrogen-bond acceptors (Lipinski definition) is 4. The summed E-state index contributed by atoms with van der Waals surface area (Å²) in [5, 5.41) is 0. The van der Waals surface area contributed by atoms with E-state index in [1.807, 2.05) is 42.3 Å². The van der Waals surface area contributed by atoms with Crippen LogP contribution in [0, 0.1) is 13.8 Å². The number of sulfonamides is 1. The zero-order valence-corrected chi connectivity index (χ0v) is 18.9. The third-order valence-electron chi connectivity index (χ3n) is 5.52. The van der Waals surface area contributed by atoms with Crippen molar-refractivity contribution in [1.82, 2.24) is 14.1 Å². The smallest absolute Gasteiger partial charge is 0.236 e. The first-order valence-corrected chi connectivity index (χ1v) is 11.9. The van der Waals surface area contributed by atoms with E-state index in [1.165, 1.54) is 21.0 Å². The maximum atomic E-state index is 12.7. The molecule has 1 fully saturated rings. The molecule has 0 aliphatic carbocycles. The highest BCUT2D eigenvalue weighted by molar-refractivity contribution is 7.88. The number of aryl methyl sites for hydroxylation is 2. The predicted octanol–water partition coefficient (Wildman–Crippen LogP) is 2.41. The molecular formula is C23H31N3O3S. The fraction of sp³-hybridized carbons (Fsp3) is 0.435. The van der Waals surface area contributed by atoms with E-state index in [0.717, 1.165) is 5.56 Å². The van der Waals surface area contributed by atoms with Gasteiger partial charge in [-0.2, -0.15) is 4.31 Å². The van der Waals surface area contributed by atoms with Crippen LogP contribution in [0.25, 0.3) is 0 Å². The van der Waals surface area contributed by atoms with Crippen LogP contribution in [0.4, 0.5) is 0 Å². The van der Waals surface area contributed by atoms with Crippen LogP contribution in [0.2, 0.25) is 0 Å². The first kappa shape index (κ1) is 22.5. The lowest BCUT2D eigenvalue weighted by Crippen LogP contribution is -2.52. The molecule has 162 valence electrons. The van der Waals surface area contributed by atoms with Crippen LogP contribution in [0.15, 0.2) is 48.5 Å². The lowest BCUT2D eigenvalue weighted by molar-refractivity contribution is -0.133. The first-order chi connectivity index (χ1) is 14.2. The molecule has 0 spiro atoms. The zero-order chi connectivity index (χ0) is 21.7. The van der Waals surface area contributed by atoms with E-state index < -0.39 is 10.0 Å². The van der Waals surface area contributed by atoms with Gasteiger partial charge < -0.3 is 4.90 Å². The van der Waals surface area contributed by atoms with E-state index in [9.17, 15) is 13.2 Å². The molecule has 2 aromatic carbocycles. The van der Waals surface area contributed by atoms with Crippen LogP contribution < -0.4 is 0 Å². The Bertz CT molecular complexity index is 968. The number of carbonyl (C=O) groups is 1. The molecule has 0 unspecified atom stereocenters. The molecule has 0 aromatic heterocycles. The molecule has 0 bridgehead atoms. The van der Waals surface area contributed by atoms with Gasteiger partial charge in [-0.3, -0.25) is 9.69 Å². The van der Waals surface area contributed by atoms with E-state index in [-0.39, 0.29) is 11.7 Å². The van der Waals surface area contributed by atoms with Gasteiger partial charge in [-0.05, 0) is 37.6 Å². The number of likely N-dealkylation sites (N-methyl/N-ethyl adjacent to an activating group) is 1. The molecule has 3 rings (SSSR count). The average molecular weight is 430 g/mol. The fourth-order valence-electron chi connectivity index (χ4n) is 3.79. The number of carbonyl (C=O) groups excluding carboxylic acids is 1. The molecule has 0 atom stereocenters. The number of hydrogen-bond donors (Lipinski definition) is 0. The van der Waals surface area contributed by atoms with E-state index in [2.05, 4.69) is 32.0 Å². The second-order valence-corrected chi connectivity index (χ2v) is 10.1. The minimum atomic E-state index is -3.37. The summed E-state index contributed by atoms with van der Waals surface area (Å²) in [5.41, 5.74) is 4.46. The van der Waals surface area contributed by atoms with Gasteiger partial charge in [-0.15, -0.1) is 0 Å². The van der Waals surface area contributed by atoms with Gasteiger partial charge in [-0.25, -0.2) is 8.42 Å². The standard InChI is InChI=1S/C23H31N3O3S/c1-19-9-10-22(20(2)15-19)16-24(3)17-23(27)25-11-13-26(14-12-25)30(28,29)18-21-7-5-4-6-8-21/h4-10,15H,11-14,16-18H2,1-3H3. The Hall–Kier alpha value is -2.22. The molecule has 1 aliphatic heterocycles. The van der Waals surface area contributed by atoms with Crippen LogP contribution in [0.1, 0.15) is 22.3 Å². The third-order valence-corrected chi connectivity index (χ3v) is 7.37. The monoisotopic (exact) mass is 429 g/mol. The summed E-state index contributed by atoms with van der Waals surface area (Å²) < 4.78 is 26.9. The minimum absolute atomic E-state index is 0.000422. The van der Waals surface area contributed by atoms with Gasteiger partial charge >= 0.3 is 0 Å². The molecule has 6 nitrogen and oxygen atoms in total. The molecule has 1 aliphatic rings. The van der Waals surface area contributed by atoms with Gasteiger partial charge in [-0.1, -0.05) is 54.1 Å². The van der Waals surface area contributed by atoms with Crippen LogP contribution >= 0.6 is 0 Å². The summed E-state index contributed by atoms with van der Waals surface area (Å²) >= 11 is 0. The second kappa shape index (κ2) is 9.73. The Kier molecular flexibility index (Phi) is 7.28. The Labute approximate surface area is 180 Å². The van der Waals surface area contributed by atoms with Crippen molar-refractivity contribution in [2.45, 2.75) is 26.1 Å². The van der Waals surface area contributed by atoms with Crippen molar-refractivity contribution < 1.29 is 13.2 Å². The number of nitrogens with zero attached hydrogens (tertiary/aromatic N) is 3. The summed E-state index contributed by atoms with van der Waals surface area (Å²) in [6, 6.07) is 15.6. The van der Waals surface area contributed by atoms with Crippen molar-refractivity contribution in [3.63, 3.8) is 0 Å². The molecule has 1 amide bonds. The van der Waals surface area contributed by atoms with Crippen molar-refractivity contribution in [2.24, 2.45) is 0 Å². The predicted molar refractivity (Wildman–Crippen MR) is 119 cm³/mol. The van der Waals surface area contributed by atoms with Crippen LogP contribution in [-0.2, 0) is 27.1 Å². The van der Waals surface area contributed by atoms with Crippen LogP contribution in [0.5, 0.6) is 0 Å². The van der Waals surface area contributed by atoms with Gasteiger partial charge in [0.2, 0.25) is 15.9 Å². The lowest BCUT2D eigenvalue weighted by Gasteiger charge is -2.35. The fourth-order valence-corrected chi connectivity index (χ4v) is 5.31. The molecule has 30 heavy (non-hydrogen) atoms. The minimum Gasteiger partial charge on any atom is -0.339 e. The number of benzene rings is 2. The van der Waals surface area contributed by atoms with Crippen molar-refractivity contribution in [1.29, 1.82) is 0 Å². The van der Waals surface area contributed by atoms with Gasteiger partial charge in [0.25, 0.3) is 0 Å². The molecule has 1 heterocycles. The molecule has 2 aromatic rings. The van der Waals surface area contributed by atoms with Crippen molar-refractivity contribution in [2.75, 3.05) is 39.8 Å². The average Bonchev–Trinajstić information content (AvgIpc) is 2.70. The maximum absolute atomic E-state index is 12.7. The maximum Gasteiger partial charge on any atom is 0.236 e. The SMILES string of the molecule is Cc1ccc(CN(C)CC(=O)N2CCN(S(=O)(=O)Cc3ccccc3)CC2)c(C)c1. The number of amides is 1. The molecule has 7 heteroatoms. The summed E-state index contributed by atoms with van der Waals surface area (Å²) in [4.78, 5) is 16.5. The largest absolute Gasteiger partial charge is 0.339 e. The van der Waals surface area contributed by atoms with E-state index in [4.69, 9.17) is 0 Å².